The van der Waals surface area contributed by atoms with Crippen molar-refractivity contribution in [2.24, 2.45) is 0 Å². The van der Waals surface area contributed by atoms with Gasteiger partial charge in [0, 0.05) is 10.9 Å². The van der Waals surface area contributed by atoms with Crippen LogP contribution in [0.2, 0.25) is 0 Å². The Labute approximate surface area is 113 Å². The third-order valence-corrected chi connectivity index (χ3v) is 3.06. The lowest BCUT2D eigenvalue weighted by atomic mass is 10.0. The first kappa shape index (κ1) is 14.2. The molecule has 1 aromatic rings. The summed E-state index contributed by atoms with van der Waals surface area (Å²) < 4.78 is 5.47. The van der Waals surface area contributed by atoms with Crippen molar-refractivity contribution in [2.45, 2.75) is 12.8 Å². The fraction of sp³-hybridized carbons (Fsp3) is 0.333. The number of carbonyl (C=O) groups excluding carboxylic acids is 2. The van der Waals surface area contributed by atoms with Crippen LogP contribution < -0.4 is 0 Å². The number of carbonyl (C=O) groups is 2. The number of halogens is 2. The van der Waals surface area contributed by atoms with Crippen LogP contribution in [0.5, 0.6) is 0 Å². The highest BCUT2D eigenvalue weighted by Gasteiger charge is 2.11. The monoisotopic (exact) mass is 318 g/mol. The van der Waals surface area contributed by atoms with Crippen LogP contribution in [0.4, 0.5) is 0 Å². The molecule has 0 unspecified atom stereocenters. The smallest absolute Gasteiger partial charge is 0.309 e. The Balaban J connectivity index is 2.95. The lowest BCUT2D eigenvalue weighted by molar-refractivity contribution is -0.139. The molecule has 0 N–H and O–H groups in total. The second-order valence-electron chi connectivity index (χ2n) is 3.52. The first-order valence-corrected chi connectivity index (χ1v) is 6.31. The maximum absolute atomic E-state index is 11.3. The summed E-state index contributed by atoms with van der Waals surface area (Å²) in [5.41, 5.74) is 1.59. The molecule has 0 aliphatic heterocycles. The Kier molecular flexibility index (Phi) is 5.65. The van der Waals surface area contributed by atoms with Crippen LogP contribution in [-0.4, -0.2) is 24.7 Å². The number of esters is 1. The van der Waals surface area contributed by atoms with Gasteiger partial charge < -0.3 is 4.74 Å². The van der Waals surface area contributed by atoms with E-state index in [0.717, 1.165) is 15.6 Å². The molecule has 1 rings (SSSR count). The average molecular weight is 320 g/mol. The number of ether oxygens (including phenoxy) is 1. The Morgan fingerprint density at radius 3 is 2.59 bits per heavy atom. The highest BCUT2D eigenvalue weighted by molar-refractivity contribution is 9.10. The highest BCUT2D eigenvalue weighted by atomic mass is 79.9. The molecular weight excluding hydrogens is 307 g/mol. The number of rotatable bonds is 5. The normalized spacial score (nSPS) is 10.1. The minimum atomic E-state index is -0.327. The van der Waals surface area contributed by atoms with Gasteiger partial charge in [-0.2, -0.15) is 0 Å². The molecule has 0 aliphatic rings. The molecule has 0 bridgehead atoms. The molecular formula is C12H12BrClO3. The first-order valence-electron chi connectivity index (χ1n) is 4.98. The highest BCUT2D eigenvalue weighted by Crippen LogP contribution is 2.18. The molecule has 0 aliphatic carbocycles. The van der Waals surface area contributed by atoms with Gasteiger partial charge in [-0.3, -0.25) is 9.59 Å². The number of ketones is 1. The van der Waals surface area contributed by atoms with Crippen molar-refractivity contribution >= 4 is 39.3 Å². The van der Waals surface area contributed by atoms with Crippen LogP contribution in [0.3, 0.4) is 0 Å². The van der Waals surface area contributed by atoms with Crippen molar-refractivity contribution in [1.82, 2.24) is 0 Å². The summed E-state index contributed by atoms with van der Waals surface area (Å²) in [6.07, 6.45) is 0.393. The van der Waals surface area contributed by atoms with Gasteiger partial charge in [0.1, 0.15) is 0 Å². The maximum Gasteiger partial charge on any atom is 0.309 e. The van der Waals surface area contributed by atoms with Gasteiger partial charge in [-0.25, -0.2) is 0 Å². The summed E-state index contributed by atoms with van der Waals surface area (Å²) >= 11 is 8.81. The minimum absolute atomic E-state index is 0.0236. The number of hydrogen-bond acceptors (Lipinski definition) is 3. The molecule has 0 saturated heterocycles. The van der Waals surface area contributed by atoms with Crippen LogP contribution in [0.1, 0.15) is 11.1 Å². The molecule has 17 heavy (non-hydrogen) atoms. The minimum Gasteiger partial charge on any atom is -0.469 e. The van der Waals surface area contributed by atoms with Crippen molar-refractivity contribution in [3.8, 4) is 0 Å². The number of benzene rings is 1. The van der Waals surface area contributed by atoms with Crippen molar-refractivity contribution in [2.75, 3.05) is 13.0 Å². The summed E-state index contributed by atoms with van der Waals surface area (Å²) in [4.78, 5) is 22.6. The molecule has 0 fully saturated rings. The lowest BCUT2D eigenvalue weighted by Crippen LogP contribution is -2.10. The van der Waals surface area contributed by atoms with Crippen LogP contribution >= 0.6 is 27.5 Å². The molecule has 1 aromatic carbocycles. The van der Waals surface area contributed by atoms with Crippen LogP contribution in [0, 0.1) is 0 Å². The van der Waals surface area contributed by atoms with Crippen LogP contribution in [0.15, 0.2) is 22.7 Å². The zero-order valence-corrected chi connectivity index (χ0v) is 11.7. The van der Waals surface area contributed by atoms with Gasteiger partial charge in [0.2, 0.25) is 0 Å². The van der Waals surface area contributed by atoms with Crippen LogP contribution in [0.25, 0.3) is 0 Å². The van der Waals surface area contributed by atoms with E-state index in [-0.39, 0.29) is 30.5 Å². The van der Waals surface area contributed by atoms with Crippen molar-refractivity contribution in [3.05, 3.63) is 33.8 Å². The van der Waals surface area contributed by atoms with E-state index in [1.165, 1.54) is 7.11 Å². The van der Waals surface area contributed by atoms with Gasteiger partial charge in [0.25, 0.3) is 0 Å². The Bertz CT molecular complexity index is 432. The molecule has 0 radical (unpaired) electrons. The average Bonchev–Trinajstić information content (AvgIpc) is 2.32. The molecule has 92 valence electrons. The molecule has 5 heteroatoms. The zero-order chi connectivity index (χ0) is 12.8. The summed E-state index contributed by atoms with van der Waals surface area (Å²) in [7, 11) is 1.34. The first-order chi connectivity index (χ1) is 8.06. The van der Waals surface area contributed by atoms with E-state index < -0.39 is 0 Å². The molecule has 3 nitrogen and oxygen atoms in total. The standard InChI is InChI=1S/C12H12BrClO3/c1-17-12(16)6-8-2-3-10(13)4-9(8)5-11(15)7-14/h2-4H,5-7H2,1H3. The van der Waals surface area contributed by atoms with Crippen molar-refractivity contribution < 1.29 is 14.3 Å². The number of Topliss-reactive ketones (excluding diaryl/α,β-unsaturated/α-hetero) is 1. The predicted molar refractivity (Wildman–Crippen MR) is 69.3 cm³/mol. The van der Waals surface area contributed by atoms with Crippen LogP contribution in [-0.2, 0) is 27.2 Å². The van der Waals surface area contributed by atoms with Crippen molar-refractivity contribution in [3.63, 3.8) is 0 Å². The Morgan fingerprint density at radius 2 is 2.00 bits per heavy atom. The van der Waals surface area contributed by atoms with Gasteiger partial charge in [0.05, 0.1) is 19.4 Å². The number of alkyl halides is 1. The zero-order valence-electron chi connectivity index (χ0n) is 9.33. The summed E-state index contributed by atoms with van der Waals surface area (Å²) in [5.74, 6) is -0.424. The SMILES string of the molecule is COC(=O)Cc1ccc(Br)cc1CC(=O)CCl. The molecule has 0 aromatic heterocycles. The van der Waals surface area contributed by atoms with E-state index in [9.17, 15) is 9.59 Å². The van der Waals surface area contributed by atoms with E-state index in [0.29, 0.717) is 0 Å². The third-order valence-electron chi connectivity index (χ3n) is 2.27. The summed E-state index contributed by atoms with van der Waals surface area (Å²) in [6.45, 7) is 0. The Morgan fingerprint density at radius 1 is 1.29 bits per heavy atom. The van der Waals surface area contributed by atoms with E-state index in [4.69, 9.17) is 11.6 Å². The molecule has 0 amide bonds. The summed E-state index contributed by atoms with van der Waals surface area (Å²) in [5, 5.41) is 0. The summed E-state index contributed by atoms with van der Waals surface area (Å²) in [6, 6.07) is 5.45. The van der Waals surface area contributed by atoms with E-state index in [2.05, 4.69) is 20.7 Å². The quantitative estimate of drug-likeness (QED) is 0.619. The van der Waals surface area contributed by atoms with E-state index >= 15 is 0 Å². The van der Waals surface area contributed by atoms with Gasteiger partial charge in [0.15, 0.2) is 5.78 Å². The molecule has 0 heterocycles. The lowest BCUT2D eigenvalue weighted by Gasteiger charge is -2.08. The maximum atomic E-state index is 11.3. The second-order valence-corrected chi connectivity index (χ2v) is 4.70. The molecule has 0 saturated carbocycles. The topological polar surface area (TPSA) is 43.4 Å². The third kappa shape index (κ3) is 4.48. The molecule has 0 atom stereocenters. The van der Waals surface area contributed by atoms with Gasteiger partial charge in [-0.05, 0) is 23.3 Å². The Hall–Kier alpha value is -0.870. The van der Waals surface area contributed by atoms with E-state index in [1.807, 2.05) is 12.1 Å². The van der Waals surface area contributed by atoms with Gasteiger partial charge in [-0.1, -0.05) is 22.0 Å². The fourth-order valence-electron chi connectivity index (χ4n) is 1.42. The van der Waals surface area contributed by atoms with Gasteiger partial charge >= 0.3 is 5.97 Å². The van der Waals surface area contributed by atoms with Gasteiger partial charge in [-0.15, -0.1) is 11.6 Å². The predicted octanol–water partition coefficient (Wildman–Crippen LogP) is 2.52. The number of methoxy groups -OCH3 is 1. The molecule has 0 spiro atoms. The van der Waals surface area contributed by atoms with E-state index in [1.54, 1.807) is 6.07 Å². The fourth-order valence-corrected chi connectivity index (χ4v) is 1.92. The number of hydrogen-bond donors (Lipinski definition) is 0. The largest absolute Gasteiger partial charge is 0.469 e. The second kappa shape index (κ2) is 6.77. The van der Waals surface area contributed by atoms with Crippen molar-refractivity contribution in [1.29, 1.82) is 0 Å².